The van der Waals surface area contributed by atoms with Crippen molar-refractivity contribution in [1.82, 2.24) is 10.6 Å². The van der Waals surface area contributed by atoms with E-state index in [0.29, 0.717) is 5.56 Å². The summed E-state index contributed by atoms with van der Waals surface area (Å²) in [6.07, 6.45) is 3.10. The number of fused-ring (bicyclic) bond motifs is 1. The Balaban J connectivity index is 1.82. The number of carbonyl (C=O) groups is 3. The fraction of sp³-hybridized carbons (Fsp3) is 0.471. The molecule has 0 bridgehead atoms. The van der Waals surface area contributed by atoms with Crippen molar-refractivity contribution in [1.29, 1.82) is 0 Å². The summed E-state index contributed by atoms with van der Waals surface area (Å²) in [5, 5.41) is 4.70. The Morgan fingerprint density at radius 3 is 2.52 bits per heavy atom. The van der Waals surface area contributed by atoms with Crippen LogP contribution < -0.4 is 10.6 Å². The smallest absolute Gasteiger partial charge is 0.338 e. The van der Waals surface area contributed by atoms with Crippen molar-refractivity contribution in [2.75, 3.05) is 6.61 Å². The summed E-state index contributed by atoms with van der Waals surface area (Å²) in [4.78, 5) is 35.1. The molecule has 3 amide bonds. The Labute approximate surface area is 135 Å². The van der Waals surface area contributed by atoms with Gasteiger partial charge >= 0.3 is 12.0 Å². The second kappa shape index (κ2) is 6.81. The van der Waals surface area contributed by atoms with Crippen LogP contribution in [-0.2, 0) is 22.4 Å². The third-order valence-corrected chi connectivity index (χ3v) is 3.41. The van der Waals surface area contributed by atoms with Gasteiger partial charge in [0.05, 0.1) is 5.56 Å². The first kappa shape index (κ1) is 17.0. The van der Waals surface area contributed by atoms with E-state index in [1.807, 2.05) is 12.1 Å². The van der Waals surface area contributed by atoms with Gasteiger partial charge in [-0.05, 0) is 63.3 Å². The summed E-state index contributed by atoms with van der Waals surface area (Å²) in [5.41, 5.74) is 2.40. The predicted molar refractivity (Wildman–Crippen MR) is 85.2 cm³/mol. The largest absolute Gasteiger partial charge is 0.452 e. The van der Waals surface area contributed by atoms with Crippen LogP contribution in [0.15, 0.2) is 18.2 Å². The van der Waals surface area contributed by atoms with Crippen LogP contribution in [0.5, 0.6) is 0 Å². The SMILES string of the molecule is CC(C)(C)NC(=O)NC(=O)COC(=O)c1ccc2c(c1)CCC2. The molecule has 1 aromatic rings. The van der Waals surface area contributed by atoms with Crippen molar-refractivity contribution < 1.29 is 19.1 Å². The molecule has 23 heavy (non-hydrogen) atoms. The van der Waals surface area contributed by atoms with Crippen LogP contribution >= 0.6 is 0 Å². The van der Waals surface area contributed by atoms with E-state index >= 15 is 0 Å². The zero-order chi connectivity index (χ0) is 17.0. The number of aryl methyl sites for hydroxylation is 2. The molecule has 0 radical (unpaired) electrons. The molecule has 0 aromatic heterocycles. The second-order valence-electron chi connectivity index (χ2n) is 6.67. The molecule has 0 aliphatic heterocycles. The molecular formula is C17H22N2O4. The van der Waals surface area contributed by atoms with Crippen LogP contribution in [0.1, 0.15) is 48.7 Å². The fourth-order valence-corrected chi connectivity index (χ4v) is 2.45. The molecule has 1 aliphatic rings. The van der Waals surface area contributed by atoms with Crippen LogP contribution in [0, 0.1) is 0 Å². The number of carbonyl (C=O) groups excluding carboxylic acids is 3. The molecule has 124 valence electrons. The molecule has 2 rings (SSSR count). The lowest BCUT2D eigenvalue weighted by Crippen LogP contribution is -2.49. The van der Waals surface area contributed by atoms with Gasteiger partial charge in [-0.15, -0.1) is 0 Å². The van der Waals surface area contributed by atoms with Gasteiger partial charge in [0.2, 0.25) is 0 Å². The number of benzene rings is 1. The summed E-state index contributed by atoms with van der Waals surface area (Å²) in [6, 6.07) is 4.83. The van der Waals surface area contributed by atoms with Gasteiger partial charge < -0.3 is 10.1 Å². The molecule has 2 N–H and O–H groups in total. The summed E-state index contributed by atoms with van der Waals surface area (Å²) >= 11 is 0. The highest BCUT2D eigenvalue weighted by Gasteiger charge is 2.18. The second-order valence-corrected chi connectivity index (χ2v) is 6.67. The van der Waals surface area contributed by atoms with Crippen LogP contribution in [0.3, 0.4) is 0 Å². The Morgan fingerprint density at radius 1 is 1.13 bits per heavy atom. The lowest BCUT2D eigenvalue weighted by atomic mass is 10.1. The summed E-state index contributed by atoms with van der Waals surface area (Å²) in [5.74, 6) is -1.23. The maximum Gasteiger partial charge on any atom is 0.338 e. The van der Waals surface area contributed by atoms with Crippen molar-refractivity contribution in [2.24, 2.45) is 0 Å². The van der Waals surface area contributed by atoms with E-state index in [4.69, 9.17) is 4.74 Å². The number of esters is 1. The number of hydrogen-bond donors (Lipinski definition) is 2. The molecule has 1 aromatic carbocycles. The summed E-state index contributed by atoms with van der Waals surface area (Å²) in [7, 11) is 0. The quantitative estimate of drug-likeness (QED) is 0.834. The predicted octanol–water partition coefficient (Wildman–Crippen LogP) is 1.96. The van der Waals surface area contributed by atoms with Crippen molar-refractivity contribution >= 4 is 17.9 Å². The lowest BCUT2D eigenvalue weighted by Gasteiger charge is -2.20. The molecule has 6 nitrogen and oxygen atoms in total. The van der Waals surface area contributed by atoms with Crippen molar-refractivity contribution in [3.05, 3.63) is 34.9 Å². The molecule has 0 heterocycles. The Morgan fingerprint density at radius 2 is 1.83 bits per heavy atom. The van der Waals surface area contributed by atoms with Crippen LogP contribution in [0.25, 0.3) is 0 Å². The maximum atomic E-state index is 12.0. The standard InChI is InChI=1S/C17H22N2O4/c1-17(2,3)19-16(22)18-14(20)10-23-15(21)13-8-7-11-5-4-6-12(11)9-13/h7-9H,4-6,10H2,1-3H3,(H2,18,19,20,22). The first-order valence-electron chi connectivity index (χ1n) is 7.65. The number of rotatable bonds is 3. The molecule has 1 aliphatic carbocycles. The maximum absolute atomic E-state index is 12.0. The third kappa shape index (κ3) is 5.09. The highest BCUT2D eigenvalue weighted by atomic mass is 16.5. The van der Waals surface area contributed by atoms with E-state index < -0.39 is 30.1 Å². The number of amides is 3. The fourth-order valence-electron chi connectivity index (χ4n) is 2.45. The van der Waals surface area contributed by atoms with Gasteiger partial charge in [-0.3, -0.25) is 10.1 Å². The van der Waals surface area contributed by atoms with Gasteiger partial charge in [-0.25, -0.2) is 9.59 Å². The Hall–Kier alpha value is -2.37. The highest BCUT2D eigenvalue weighted by molar-refractivity contribution is 5.97. The zero-order valence-electron chi connectivity index (χ0n) is 13.7. The van der Waals surface area contributed by atoms with E-state index in [1.54, 1.807) is 26.8 Å². The average Bonchev–Trinajstić information content (AvgIpc) is 2.89. The lowest BCUT2D eigenvalue weighted by molar-refractivity contribution is -0.123. The number of ether oxygens (including phenoxy) is 1. The monoisotopic (exact) mass is 318 g/mol. The number of urea groups is 1. The van der Waals surface area contributed by atoms with E-state index in [2.05, 4.69) is 10.6 Å². The zero-order valence-corrected chi connectivity index (χ0v) is 13.7. The highest BCUT2D eigenvalue weighted by Crippen LogP contribution is 2.23. The van der Waals surface area contributed by atoms with Gasteiger partial charge in [0.1, 0.15) is 0 Å². The van der Waals surface area contributed by atoms with Crippen LogP contribution in [0.2, 0.25) is 0 Å². The minimum Gasteiger partial charge on any atom is -0.452 e. The van der Waals surface area contributed by atoms with Gasteiger partial charge in [-0.1, -0.05) is 6.07 Å². The third-order valence-electron chi connectivity index (χ3n) is 3.41. The normalized spacial score (nSPS) is 13.2. The molecule has 0 saturated carbocycles. The van der Waals surface area contributed by atoms with Crippen molar-refractivity contribution in [3.63, 3.8) is 0 Å². The number of nitrogens with one attached hydrogen (secondary N) is 2. The molecular weight excluding hydrogens is 296 g/mol. The summed E-state index contributed by atoms with van der Waals surface area (Å²) in [6.45, 7) is 4.90. The van der Waals surface area contributed by atoms with E-state index in [9.17, 15) is 14.4 Å². The van der Waals surface area contributed by atoms with E-state index in [1.165, 1.54) is 5.56 Å². The van der Waals surface area contributed by atoms with Crippen molar-refractivity contribution in [2.45, 2.75) is 45.6 Å². The average molecular weight is 318 g/mol. The van der Waals surface area contributed by atoms with E-state index in [0.717, 1.165) is 24.8 Å². The Kier molecular flexibility index (Phi) is 5.03. The summed E-state index contributed by atoms with van der Waals surface area (Å²) < 4.78 is 4.95. The topological polar surface area (TPSA) is 84.5 Å². The molecule has 0 atom stereocenters. The van der Waals surface area contributed by atoms with Crippen LogP contribution in [-0.4, -0.2) is 30.1 Å². The van der Waals surface area contributed by atoms with Gasteiger partial charge in [0.15, 0.2) is 6.61 Å². The minimum atomic E-state index is -0.665. The first-order valence-corrected chi connectivity index (χ1v) is 7.65. The number of imide groups is 1. The molecule has 6 heteroatoms. The van der Waals surface area contributed by atoms with E-state index in [-0.39, 0.29) is 0 Å². The minimum absolute atomic E-state index is 0.428. The van der Waals surface area contributed by atoms with Crippen LogP contribution in [0.4, 0.5) is 4.79 Å². The first-order chi connectivity index (χ1) is 10.7. The van der Waals surface area contributed by atoms with Gasteiger partial charge in [-0.2, -0.15) is 0 Å². The number of hydrogen-bond acceptors (Lipinski definition) is 4. The van der Waals surface area contributed by atoms with Gasteiger partial charge in [0, 0.05) is 5.54 Å². The van der Waals surface area contributed by atoms with Crippen molar-refractivity contribution in [3.8, 4) is 0 Å². The van der Waals surface area contributed by atoms with Gasteiger partial charge in [0.25, 0.3) is 5.91 Å². The molecule has 0 fully saturated rings. The Bertz CT molecular complexity index is 632. The molecule has 0 unspecified atom stereocenters. The molecule has 0 spiro atoms. The molecule has 0 saturated heterocycles.